The fraction of sp³-hybridized carbons (Fsp3) is 0.222. The summed E-state index contributed by atoms with van der Waals surface area (Å²) in [6.45, 7) is 4.06. The largest absolute Gasteiger partial charge is 0.374 e. The second-order valence-electron chi connectivity index (χ2n) is 2.41. The summed E-state index contributed by atoms with van der Waals surface area (Å²) in [4.78, 5) is 0. The first-order valence-corrected chi connectivity index (χ1v) is 4.08. The summed E-state index contributed by atoms with van der Waals surface area (Å²) in [5, 5.41) is 12.9. The standard InChI is InChI=1S/C9H11ClNO.U/c1-2-11-9(12)7-3-5-8(10)6-4-7;/h3-6,9,11-12H,1-2H2;/q-1;. The molecule has 0 saturated carbocycles. The number of hydrogen-bond donors (Lipinski definition) is 2. The Morgan fingerprint density at radius 1 is 1.38 bits per heavy atom. The van der Waals surface area contributed by atoms with Crippen molar-refractivity contribution in [2.24, 2.45) is 0 Å². The van der Waals surface area contributed by atoms with Gasteiger partial charge in [0.1, 0.15) is 6.23 Å². The normalized spacial score (nSPS) is 11.9. The Bertz CT molecular complexity index is 240. The van der Waals surface area contributed by atoms with Crippen molar-refractivity contribution in [3.8, 4) is 0 Å². The Morgan fingerprint density at radius 2 is 1.92 bits per heavy atom. The van der Waals surface area contributed by atoms with Crippen LogP contribution in [-0.2, 0) is 0 Å². The van der Waals surface area contributed by atoms with E-state index in [2.05, 4.69) is 12.2 Å². The maximum Gasteiger partial charge on any atom is 0.128 e. The van der Waals surface area contributed by atoms with E-state index in [9.17, 15) is 5.11 Å². The molecule has 0 radical (unpaired) electrons. The Labute approximate surface area is 107 Å². The van der Waals surface area contributed by atoms with Gasteiger partial charge in [-0.2, -0.15) is 0 Å². The van der Waals surface area contributed by atoms with Crippen LogP contribution in [0.3, 0.4) is 0 Å². The van der Waals surface area contributed by atoms with Gasteiger partial charge in [0, 0.05) is 36.1 Å². The molecule has 1 atom stereocenters. The quantitative estimate of drug-likeness (QED) is 0.575. The monoisotopic (exact) mass is 422 g/mol. The minimum absolute atomic E-state index is 0. The molecule has 2 N–H and O–H groups in total. The molecule has 1 aromatic carbocycles. The van der Waals surface area contributed by atoms with Crippen molar-refractivity contribution in [1.82, 2.24) is 5.32 Å². The van der Waals surface area contributed by atoms with E-state index < -0.39 is 6.23 Å². The smallest absolute Gasteiger partial charge is 0.128 e. The first-order chi connectivity index (χ1) is 5.74. The number of nitrogens with one attached hydrogen (secondary N) is 1. The molecule has 0 saturated heterocycles. The minimum Gasteiger partial charge on any atom is -0.374 e. The van der Waals surface area contributed by atoms with Crippen molar-refractivity contribution in [3.05, 3.63) is 41.8 Å². The predicted molar refractivity (Wildman–Crippen MR) is 49.8 cm³/mol. The van der Waals surface area contributed by atoms with E-state index in [1.807, 2.05) is 0 Å². The Hall–Kier alpha value is 0.482. The molecule has 0 spiro atoms. The first kappa shape index (κ1) is 13.5. The van der Waals surface area contributed by atoms with E-state index in [0.29, 0.717) is 11.6 Å². The van der Waals surface area contributed by atoms with E-state index in [1.165, 1.54) is 0 Å². The molecule has 1 unspecified atom stereocenters. The van der Waals surface area contributed by atoms with Crippen molar-refractivity contribution in [1.29, 1.82) is 0 Å². The molecule has 70 valence electrons. The average molecular weight is 423 g/mol. The van der Waals surface area contributed by atoms with Crippen LogP contribution in [0.5, 0.6) is 0 Å². The molecule has 0 aromatic heterocycles. The summed E-state index contributed by atoms with van der Waals surface area (Å²) in [5.41, 5.74) is 0.794. The van der Waals surface area contributed by atoms with Gasteiger partial charge in [-0.05, 0) is 17.7 Å². The molecule has 0 aliphatic heterocycles. The van der Waals surface area contributed by atoms with Crippen molar-refractivity contribution in [2.45, 2.75) is 6.23 Å². The van der Waals surface area contributed by atoms with Crippen LogP contribution in [0, 0.1) is 38.0 Å². The topological polar surface area (TPSA) is 32.3 Å². The van der Waals surface area contributed by atoms with Gasteiger partial charge in [0.05, 0.1) is 0 Å². The van der Waals surface area contributed by atoms with Crippen molar-refractivity contribution in [3.63, 3.8) is 0 Å². The van der Waals surface area contributed by atoms with E-state index in [4.69, 9.17) is 11.6 Å². The molecule has 2 nitrogen and oxygen atoms in total. The fourth-order valence-electron chi connectivity index (χ4n) is 0.900. The summed E-state index contributed by atoms with van der Waals surface area (Å²) in [6.07, 6.45) is -0.653. The Kier molecular flexibility index (Phi) is 7.12. The van der Waals surface area contributed by atoms with Gasteiger partial charge in [0.2, 0.25) is 0 Å². The molecule has 0 heterocycles. The molecule has 0 amide bonds. The summed E-state index contributed by atoms with van der Waals surface area (Å²) in [6, 6.07) is 7.03. The van der Waals surface area contributed by atoms with E-state index in [1.54, 1.807) is 24.3 Å². The van der Waals surface area contributed by atoms with Gasteiger partial charge in [0.25, 0.3) is 0 Å². The zero-order valence-electron chi connectivity index (χ0n) is 7.13. The van der Waals surface area contributed by atoms with Crippen LogP contribution < -0.4 is 5.32 Å². The van der Waals surface area contributed by atoms with Crippen molar-refractivity contribution >= 4 is 11.6 Å². The molecule has 4 heteroatoms. The molecule has 13 heavy (non-hydrogen) atoms. The van der Waals surface area contributed by atoms with Crippen molar-refractivity contribution in [2.75, 3.05) is 6.54 Å². The molecular formula is C9H11ClNOU-. The number of aliphatic hydroxyl groups excluding tert-OH is 1. The SMILES string of the molecule is [CH2-]CNC(O)c1ccc(Cl)cc1.[U]. The molecule has 0 bridgehead atoms. The van der Waals surface area contributed by atoms with Gasteiger partial charge in [0.15, 0.2) is 0 Å². The third-order valence-corrected chi connectivity index (χ3v) is 1.78. The minimum atomic E-state index is -0.653. The number of hydrogen-bond acceptors (Lipinski definition) is 2. The van der Waals surface area contributed by atoms with E-state index >= 15 is 0 Å². The third-order valence-electron chi connectivity index (χ3n) is 1.52. The fourth-order valence-corrected chi connectivity index (χ4v) is 1.03. The molecule has 0 aliphatic rings. The van der Waals surface area contributed by atoms with Gasteiger partial charge in [-0.25, -0.2) is 0 Å². The second kappa shape index (κ2) is 6.87. The van der Waals surface area contributed by atoms with Crippen LogP contribution >= 0.6 is 11.6 Å². The number of rotatable bonds is 3. The maximum atomic E-state index is 9.42. The predicted octanol–water partition coefficient (Wildman–Crippen LogP) is 1.75. The van der Waals surface area contributed by atoms with E-state index in [-0.39, 0.29) is 31.1 Å². The summed E-state index contributed by atoms with van der Waals surface area (Å²) in [7, 11) is 0. The van der Waals surface area contributed by atoms with Crippen LogP contribution in [0.4, 0.5) is 0 Å². The van der Waals surface area contributed by atoms with Gasteiger partial charge < -0.3 is 17.3 Å². The number of halogens is 1. The maximum absolute atomic E-state index is 9.42. The van der Waals surface area contributed by atoms with Gasteiger partial charge in [-0.3, -0.25) is 0 Å². The second-order valence-corrected chi connectivity index (χ2v) is 2.84. The van der Waals surface area contributed by atoms with Gasteiger partial charge >= 0.3 is 0 Å². The molecule has 0 fully saturated rings. The van der Waals surface area contributed by atoms with E-state index in [0.717, 1.165) is 5.56 Å². The average Bonchev–Trinajstić information content (AvgIpc) is 2.06. The summed E-state index contributed by atoms with van der Waals surface area (Å²) in [5.74, 6) is 0. The molecule has 1 aromatic rings. The molecular weight excluding hydrogens is 412 g/mol. The Balaban J connectivity index is 0.00000144. The van der Waals surface area contributed by atoms with Crippen LogP contribution in [0.15, 0.2) is 24.3 Å². The summed E-state index contributed by atoms with van der Waals surface area (Å²) >= 11 is 5.68. The Morgan fingerprint density at radius 3 is 2.38 bits per heavy atom. The molecule has 1 rings (SSSR count). The van der Waals surface area contributed by atoms with Gasteiger partial charge in [-0.1, -0.05) is 23.7 Å². The zero-order valence-corrected chi connectivity index (χ0v) is 12.0. The summed E-state index contributed by atoms with van der Waals surface area (Å²) < 4.78 is 0. The number of aliphatic hydroxyl groups is 1. The van der Waals surface area contributed by atoms with Gasteiger partial charge in [-0.15, -0.1) is 6.54 Å². The number of benzene rings is 1. The first-order valence-electron chi connectivity index (χ1n) is 3.70. The van der Waals surface area contributed by atoms with Crippen molar-refractivity contribution < 1.29 is 36.2 Å². The third kappa shape index (κ3) is 4.49. The van der Waals surface area contributed by atoms with Crippen LogP contribution in [-0.4, -0.2) is 11.7 Å². The van der Waals surface area contributed by atoms with Crippen LogP contribution in [0.25, 0.3) is 0 Å². The molecule has 0 aliphatic carbocycles. The van der Waals surface area contributed by atoms with Crippen LogP contribution in [0.2, 0.25) is 5.02 Å². The zero-order chi connectivity index (χ0) is 8.97. The van der Waals surface area contributed by atoms with Crippen LogP contribution in [0.1, 0.15) is 11.8 Å².